The van der Waals surface area contributed by atoms with Crippen molar-refractivity contribution in [2.75, 3.05) is 6.54 Å². The quantitative estimate of drug-likeness (QED) is 0.460. The van der Waals surface area contributed by atoms with Gasteiger partial charge in [0.25, 0.3) is 0 Å². The number of nitrogens with one attached hydrogen (secondary N) is 1. The van der Waals surface area contributed by atoms with E-state index >= 15 is 0 Å². The summed E-state index contributed by atoms with van der Waals surface area (Å²) in [5.74, 6) is -0.228. The zero-order valence-electron chi connectivity index (χ0n) is 11.5. The summed E-state index contributed by atoms with van der Waals surface area (Å²) in [6, 6.07) is 1.24. The van der Waals surface area contributed by atoms with Crippen LogP contribution in [0.2, 0.25) is 0 Å². The number of hydrogen-bond donors (Lipinski definition) is 1. The van der Waals surface area contributed by atoms with Gasteiger partial charge in [-0.05, 0) is 19.4 Å². The lowest BCUT2D eigenvalue weighted by atomic mass is 10.3. The highest BCUT2D eigenvalue weighted by molar-refractivity contribution is 5.79. The van der Waals surface area contributed by atoms with E-state index in [1.165, 1.54) is 10.9 Å². The average molecular weight is 292 g/mol. The summed E-state index contributed by atoms with van der Waals surface area (Å²) in [6.45, 7) is 2.86. The maximum Gasteiger partial charge on any atom is 0.307 e. The minimum Gasteiger partial charge on any atom is -0.354 e. The number of hydrogen-bond acceptors (Lipinski definition) is 5. The van der Waals surface area contributed by atoms with E-state index < -0.39 is 11.0 Å². The van der Waals surface area contributed by atoms with Crippen molar-refractivity contribution in [3.05, 3.63) is 41.0 Å². The van der Waals surface area contributed by atoms with E-state index in [4.69, 9.17) is 0 Å². The second-order valence-electron chi connectivity index (χ2n) is 4.53. The molecule has 9 nitrogen and oxygen atoms in total. The Kier molecular flexibility index (Phi) is 4.64. The largest absolute Gasteiger partial charge is 0.354 e. The number of nitro groups is 1. The molecule has 0 spiro atoms. The van der Waals surface area contributed by atoms with Crippen LogP contribution in [0.3, 0.4) is 0 Å². The Bertz CT molecular complexity index is 606. The van der Waals surface area contributed by atoms with Gasteiger partial charge in [-0.15, -0.1) is 0 Å². The van der Waals surface area contributed by atoms with Gasteiger partial charge in [-0.25, -0.2) is 0 Å². The zero-order valence-corrected chi connectivity index (χ0v) is 11.5. The van der Waals surface area contributed by atoms with Crippen molar-refractivity contribution >= 4 is 11.6 Å². The summed E-state index contributed by atoms with van der Waals surface area (Å²) in [4.78, 5) is 21.9. The number of nitrogens with zero attached hydrogens (tertiary/aromatic N) is 5. The van der Waals surface area contributed by atoms with E-state index in [1.807, 2.05) is 12.3 Å². The van der Waals surface area contributed by atoms with E-state index in [1.54, 1.807) is 17.8 Å². The van der Waals surface area contributed by atoms with Crippen LogP contribution in [0.4, 0.5) is 5.69 Å². The number of rotatable bonds is 7. The number of carbonyl (C=O) groups is 1. The Morgan fingerprint density at radius 2 is 2.33 bits per heavy atom. The van der Waals surface area contributed by atoms with Crippen LogP contribution in [0, 0.1) is 10.1 Å². The number of amides is 1. The normalized spacial score (nSPS) is 12.0. The van der Waals surface area contributed by atoms with Gasteiger partial charge in [-0.2, -0.15) is 10.2 Å². The third-order valence-electron chi connectivity index (χ3n) is 3.00. The molecule has 0 aromatic carbocycles. The lowest BCUT2D eigenvalue weighted by Crippen LogP contribution is -2.32. The van der Waals surface area contributed by atoms with Crippen LogP contribution in [0.5, 0.6) is 0 Å². The molecule has 112 valence electrons. The molecule has 0 aliphatic rings. The third kappa shape index (κ3) is 3.88. The second-order valence-corrected chi connectivity index (χ2v) is 4.53. The first kappa shape index (κ1) is 14.7. The molecule has 2 aromatic heterocycles. The Balaban J connectivity index is 1.77. The monoisotopic (exact) mass is 292 g/mol. The third-order valence-corrected chi connectivity index (χ3v) is 3.00. The molecule has 0 fully saturated rings. The van der Waals surface area contributed by atoms with Crippen LogP contribution in [-0.2, 0) is 11.3 Å². The van der Waals surface area contributed by atoms with Crippen LogP contribution in [-0.4, -0.2) is 36.9 Å². The van der Waals surface area contributed by atoms with Gasteiger partial charge in [0.1, 0.15) is 18.4 Å². The predicted molar refractivity (Wildman–Crippen MR) is 73.4 cm³/mol. The molecule has 0 radical (unpaired) electrons. The number of carbonyl (C=O) groups excluding carboxylic acids is 1. The van der Waals surface area contributed by atoms with Crippen LogP contribution < -0.4 is 5.32 Å². The molecule has 1 N–H and O–H groups in total. The Morgan fingerprint density at radius 1 is 1.52 bits per heavy atom. The van der Waals surface area contributed by atoms with Gasteiger partial charge in [-0.3, -0.25) is 24.3 Å². The van der Waals surface area contributed by atoms with Crippen molar-refractivity contribution in [3.63, 3.8) is 0 Å². The average Bonchev–Trinajstić information content (AvgIpc) is 3.13. The molecule has 0 bridgehead atoms. The van der Waals surface area contributed by atoms with E-state index in [9.17, 15) is 14.9 Å². The molecule has 0 saturated heterocycles. The summed E-state index contributed by atoms with van der Waals surface area (Å²) in [5, 5.41) is 21.2. The lowest BCUT2D eigenvalue weighted by Gasteiger charge is -2.12. The number of aryl methyl sites for hydroxylation is 1. The second kappa shape index (κ2) is 6.64. The van der Waals surface area contributed by atoms with Gasteiger partial charge in [0.2, 0.25) is 5.91 Å². The van der Waals surface area contributed by atoms with E-state index in [0.29, 0.717) is 6.54 Å². The van der Waals surface area contributed by atoms with Crippen molar-refractivity contribution in [1.29, 1.82) is 0 Å². The summed E-state index contributed by atoms with van der Waals surface area (Å²) in [5.41, 5.74) is -0.131. The zero-order chi connectivity index (χ0) is 15.2. The fourth-order valence-corrected chi connectivity index (χ4v) is 1.79. The van der Waals surface area contributed by atoms with Crippen molar-refractivity contribution in [1.82, 2.24) is 24.9 Å². The van der Waals surface area contributed by atoms with Crippen LogP contribution in [0.25, 0.3) is 0 Å². The van der Waals surface area contributed by atoms with Crippen LogP contribution in [0.1, 0.15) is 19.4 Å². The maximum absolute atomic E-state index is 11.9. The summed E-state index contributed by atoms with van der Waals surface area (Å²) < 4.78 is 3.06. The number of aromatic nitrogens is 4. The molecule has 0 aliphatic heterocycles. The minimum atomic E-state index is -0.594. The van der Waals surface area contributed by atoms with Crippen LogP contribution >= 0.6 is 0 Å². The van der Waals surface area contributed by atoms with Gasteiger partial charge >= 0.3 is 5.69 Å². The molecule has 9 heteroatoms. The molecule has 1 unspecified atom stereocenters. The summed E-state index contributed by atoms with van der Waals surface area (Å²) in [6.07, 6.45) is 6.67. The fraction of sp³-hybridized carbons (Fsp3) is 0.417. The first-order valence-corrected chi connectivity index (χ1v) is 6.51. The van der Waals surface area contributed by atoms with Gasteiger partial charge in [0.15, 0.2) is 0 Å². The lowest BCUT2D eigenvalue weighted by molar-refractivity contribution is -0.385. The van der Waals surface area contributed by atoms with E-state index in [0.717, 1.165) is 19.2 Å². The molecule has 2 heterocycles. The van der Waals surface area contributed by atoms with Gasteiger partial charge in [0, 0.05) is 25.5 Å². The van der Waals surface area contributed by atoms with Crippen LogP contribution in [0.15, 0.2) is 30.9 Å². The first-order valence-electron chi connectivity index (χ1n) is 6.51. The highest BCUT2D eigenvalue weighted by atomic mass is 16.6. The fourth-order valence-electron chi connectivity index (χ4n) is 1.79. The van der Waals surface area contributed by atoms with Gasteiger partial charge in [0.05, 0.1) is 4.92 Å². The molecule has 0 aliphatic carbocycles. The highest BCUT2D eigenvalue weighted by Crippen LogP contribution is 2.12. The smallest absolute Gasteiger partial charge is 0.307 e. The Hall–Kier alpha value is -2.71. The topological polar surface area (TPSA) is 108 Å². The molecule has 21 heavy (non-hydrogen) atoms. The summed E-state index contributed by atoms with van der Waals surface area (Å²) in [7, 11) is 0. The first-order chi connectivity index (χ1) is 10.1. The minimum absolute atomic E-state index is 0.131. The Labute approximate surface area is 120 Å². The molecular weight excluding hydrogens is 276 g/mol. The predicted octanol–water partition coefficient (Wildman–Crippen LogP) is 0.755. The standard InChI is InChI=1S/C12H16N6O3/c1-10(17-9-11(8-15-17)18(20)21)12(19)13-4-2-6-16-7-3-5-14-16/h3,5,7-10H,2,4,6H2,1H3,(H,13,19). The van der Waals surface area contributed by atoms with Gasteiger partial charge in [-0.1, -0.05) is 0 Å². The van der Waals surface area contributed by atoms with E-state index in [2.05, 4.69) is 15.5 Å². The molecule has 0 saturated carbocycles. The van der Waals surface area contributed by atoms with E-state index in [-0.39, 0.29) is 11.6 Å². The maximum atomic E-state index is 11.9. The van der Waals surface area contributed by atoms with Crippen molar-refractivity contribution in [2.45, 2.75) is 25.9 Å². The van der Waals surface area contributed by atoms with Gasteiger partial charge < -0.3 is 5.32 Å². The van der Waals surface area contributed by atoms with Crippen molar-refractivity contribution in [2.24, 2.45) is 0 Å². The summed E-state index contributed by atoms with van der Waals surface area (Å²) >= 11 is 0. The molecular formula is C12H16N6O3. The molecule has 2 aromatic rings. The molecule has 1 amide bonds. The van der Waals surface area contributed by atoms with Crippen molar-refractivity contribution in [3.8, 4) is 0 Å². The molecule has 2 rings (SSSR count). The molecule has 1 atom stereocenters. The SMILES string of the molecule is CC(C(=O)NCCCn1cccn1)n1cc([N+](=O)[O-])cn1. The Morgan fingerprint density at radius 3 is 2.95 bits per heavy atom. The van der Waals surface area contributed by atoms with Crippen molar-refractivity contribution < 1.29 is 9.72 Å². The highest BCUT2D eigenvalue weighted by Gasteiger charge is 2.18.